The van der Waals surface area contributed by atoms with Crippen molar-refractivity contribution in [3.63, 3.8) is 0 Å². The second-order valence-electron chi connectivity index (χ2n) is 6.77. The van der Waals surface area contributed by atoms with E-state index in [2.05, 4.69) is 15.6 Å². The van der Waals surface area contributed by atoms with E-state index in [9.17, 15) is 9.59 Å². The van der Waals surface area contributed by atoms with Gasteiger partial charge in [-0.25, -0.2) is 0 Å². The molecule has 124 valence electrons. The van der Waals surface area contributed by atoms with E-state index in [1.807, 2.05) is 0 Å². The Morgan fingerprint density at radius 3 is 2.43 bits per heavy atom. The van der Waals surface area contributed by atoms with Crippen LogP contribution in [0.4, 0.5) is 0 Å². The molecule has 2 saturated carbocycles. The Hall–Kier alpha value is -1.91. The van der Waals surface area contributed by atoms with E-state index in [0.717, 1.165) is 32.1 Å². The molecule has 0 aromatic carbocycles. The highest BCUT2D eigenvalue weighted by atomic mass is 16.2. The molecule has 2 fully saturated rings. The fourth-order valence-corrected chi connectivity index (χ4v) is 3.74. The zero-order chi connectivity index (χ0) is 16.1. The number of aromatic nitrogens is 1. The average Bonchev–Trinajstić information content (AvgIpc) is 3.09. The zero-order valence-corrected chi connectivity index (χ0v) is 13.5. The largest absolute Gasteiger partial charge is 0.351 e. The van der Waals surface area contributed by atoms with Gasteiger partial charge in [-0.3, -0.25) is 14.6 Å². The molecule has 5 heteroatoms. The molecule has 2 N–H and O–H groups in total. The lowest BCUT2D eigenvalue weighted by Crippen LogP contribution is -2.61. The second kappa shape index (κ2) is 7.11. The highest BCUT2D eigenvalue weighted by Crippen LogP contribution is 2.30. The quantitative estimate of drug-likeness (QED) is 0.897. The van der Waals surface area contributed by atoms with Crippen LogP contribution in [0.3, 0.4) is 0 Å². The maximum absolute atomic E-state index is 12.9. The Morgan fingerprint density at radius 2 is 1.78 bits per heavy atom. The molecular weight excluding hydrogens is 290 g/mol. The minimum Gasteiger partial charge on any atom is -0.351 e. The van der Waals surface area contributed by atoms with Crippen molar-refractivity contribution >= 4 is 11.8 Å². The number of amides is 2. The SMILES string of the molecule is O=C(NC1(C(=O)NC2CCCC2)CCCCC1)c1ccccn1. The molecule has 0 unspecified atom stereocenters. The highest BCUT2D eigenvalue weighted by molar-refractivity contribution is 5.98. The van der Waals surface area contributed by atoms with Crippen molar-refractivity contribution in [2.75, 3.05) is 0 Å². The van der Waals surface area contributed by atoms with E-state index in [0.29, 0.717) is 18.5 Å². The standard InChI is InChI=1S/C18H25N3O2/c22-16(15-10-4-7-13-19-15)21-18(11-5-1-6-12-18)17(23)20-14-8-2-3-9-14/h4,7,10,13-14H,1-3,5-6,8-9,11-12H2,(H,20,23)(H,21,22). The first-order chi connectivity index (χ1) is 11.2. The van der Waals surface area contributed by atoms with E-state index in [-0.39, 0.29) is 17.9 Å². The lowest BCUT2D eigenvalue weighted by Gasteiger charge is -2.37. The summed E-state index contributed by atoms with van der Waals surface area (Å²) in [6, 6.07) is 5.52. The Balaban J connectivity index is 1.73. The molecule has 2 aliphatic carbocycles. The predicted molar refractivity (Wildman–Crippen MR) is 87.9 cm³/mol. The third-order valence-electron chi connectivity index (χ3n) is 5.08. The maximum atomic E-state index is 12.9. The van der Waals surface area contributed by atoms with Gasteiger partial charge in [-0.15, -0.1) is 0 Å². The van der Waals surface area contributed by atoms with Crippen molar-refractivity contribution in [1.29, 1.82) is 0 Å². The van der Waals surface area contributed by atoms with Gasteiger partial charge in [0.1, 0.15) is 11.2 Å². The van der Waals surface area contributed by atoms with Gasteiger partial charge in [0, 0.05) is 12.2 Å². The Labute approximate surface area is 137 Å². The molecule has 5 nitrogen and oxygen atoms in total. The van der Waals surface area contributed by atoms with Crippen LogP contribution >= 0.6 is 0 Å². The fraction of sp³-hybridized carbons (Fsp3) is 0.611. The first-order valence-electron chi connectivity index (χ1n) is 8.74. The molecule has 0 spiro atoms. The molecule has 0 bridgehead atoms. The van der Waals surface area contributed by atoms with Crippen molar-refractivity contribution in [2.24, 2.45) is 0 Å². The maximum Gasteiger partial charge on any atom is 0.270 e. The first kappa shape index (κ1) is 16.0. The van der Waals surface area contributed by atoms with Crippen molar-refractivity contribution in [2.45, 2.75) is 69.4 Å². The normalized spacial score (nSPS) is 20.9. The Morgan fingerprint density at radius 1 is 1.04 bits per heavy atom. The van der Waals surface area contributed by atoms with Crippen LogP contribution in [-0.4, -0.2) is 28.4 Å². The number of carbonyl (C=O) groups excluding carboxylic acids is 2. The molecule has 2 amide bonds. The summed E-state index contributed by atoms with van der Waals surface area (Å²) in [6.07, 6.45) is 10.6. The van der Waals surface area contributed by atoms with Gasteiger partial charge in [-0.1, -0.05) is 38.2 Å². The van der Waals surface area contributed by atoms with Gasteiger partial charge in [0.15, 0.2) is 0 Å². The van der Waals surface area contributed by atoms with E-state index >= 15 is 0 Å². The molecule has 1 aromatic heterocycles. The molecule has 2 aliphatic rings. The summed E-state index contributed by atoms with van der Waals surface area (Å²) in [5.74, 6) is -0.262. The molecule has 23 heavy (non-hydrogen) atoms. The van der Waals surface area contributed by atoms with Gasteiger partial charge < -0.3 is 10.6 Å². The monoisotopic (exact) mass is 315 g/mol. The second-order valence-corrected chi connectivity index (χ2v) is 6.77. The van der Waals surface area contributed by atoms with Crippen molar-refractivity contribution < 1.29 is 9.59 Å². The average molecular weight is 315 g/mol. The summed E-state index contributed by atoms with van der Waals surface area (Å²) >= 11 is 0. The molecular formula is C18H25N3O2. The molecule has 0 aliphatic heterocycles. The smallest absolute Gasteiger partial charge is 0.270 e. The van der Waals surface area contributed by atoms with Gasteiger partial charge in [0.2, 0.25) is 5.91 Å². The summed E-state index contributed by atoms with van der Waals surface area (Å²) in [5.41, 5.74) is -0.402. The molecule has 1 aromatic rings. The van der Waals surface area contributed by atoms with Crippen molar-refractivity contribution in [1.82, 2.24) is 15.6 Å². The number of hydrogen-bond donors (Lipinski definition) is 2. The number of hydrogen-bond acceptors (Lipinski definition) is 3. The Kier molecular flexibility index (Phi) is 4.94. The lowest BCUT2D eigenvalue weighted by molar-refractivity contribution is -0.129. The highest BCUT2D eigenvalue weighted by Gasteiger charge is 2.42. The predicted octanol–water partition coefficient (Wildman–Crippen LogP) is 2.57. The van der Waals surface area contributed by atoms with Crippen LogP contribution in [-0.2, 0) is 4.79 Å². The number of nitrogens with zero attached hydrogens (tertiary/aromatic N) is 1. The molecule has 0 radical (unpaired) electrons. The third kappa shape index (κ3) is 3.71. The number of nitrogens with one attached hydrogen (secondary N) is 2. The summed E-state index contributed by atoms with van der Waals surface area (Å²) in [5, 5.41) is 6.18. The summed E-state index contributed by atoms with van der Waals surface area (Å²) in [4.78, 5) is 29.5. The summed E-state index contributed by atoms with van der Waals surface area (Å²) < 4.78 is 0. The van der Waals surface area contributed by atoms with Gasteiger partial charge in [0.05, 0.1) is 0 Å². The van der Waals surface area contributed by atoms with Crippen LogP contribution in [0.5, 0.6) is 0 Å². The molecule has 0 atom stereocenters. The molecule has 1 heterocycles. The van der Waals surface area contributed by atoms with Gasteiger partial charge >= 0.3 is 0 Å². The van der Waals surface area contributed by atoms with Gasteiger partial charge in [0.25, 0.3) is 5.91 Å². The zero-order valence-electron chi connectivity index (χ0n) is 13.5. The van der Waals surface area contributed by atoms with E-state index in [1.54, 1.807) is 24.4 Å². The van der Waals surface area contributed by atoms with Crippen LogP contribution in [0, 0.1) is 0 Å². The van der Waals surface area contributed by atoms with E-state index < -0.39 is 5.54 Å². The minimum atomic E-state index is -0.768. The molecule has 0 saturated heterocycles. The van der Waals surface area contributed by atoms with Crippen molar-refractivity contribution in [3.8, 4) is 0 Å². The van der Waals surface area contributed by atoms with E-state index in [1.165, 1.54) is 12.8 Å². The number of rotatable bonds is 4. The summed E-state index contributed by atoms with van der Waals surface area (Å²) in [6.45, 7) is 0. The number of carbonyl (C=O) groups is 2. The van der Waals surface area contributed by atoms with E-state index in [4.69, 9.17) is 0 Å². The lowest BCUT2D eigenvalue weighted by atomic mass is 9.80. The van der Waals surface area contributed by atoms with Crippen LogP contribution < -0.4 is 10.6 Å². The molecule has 3 rings (SSSR count). The minimum absolute atomic E-state index is 0.00613. The summed E-state index contributed by atoms with van der Waals surface area (Å²) in [7, 11) is 0. The fourth-order valence-electron chi connectivity index (χ4n) is 3.74. The Bertz CT molecular complexity index is 547. The van der Waals surface area contributed by atoms with Gasteiger partial charge in [-0.2, -0.15) is 0 Å². The van der Waals surface area contributed by atoms with Crippen LogP contribution in [0.25, 0.3) is 0 Å². The van der Waals surface area contributed by atoms with Gasteiger partial charge in [-0.05, 0) is 37.8 Å². The van der Waals surface area contributed by atoms with Crippen LogP contribution in [0.2, 0.25) is 0 Å². The first-order valence-corrected chi connectivity index (χ1v) is 8.74. The number of pyridine rings is 1. The van der Waals surface area contributed by atoms with Crippen molar-refractivity contribution in [3.05, 3.63) is 30.1 Å². The topological polar surface area (TPSA) is 71.1 Å². The van der Waals surface area contributed by atoms with Crippen LogP contribution in [0.15, 0.2) is 24.4 Å². The van der Waals surface area contributed by atoms with Crippen LogP contribution in [0.1, 0.15) is 68.3 Å². The third-order valence-corrected chi connectivity index (χ3v) is 5.08.